The maximum Gasteiger partial charge on any atom is 0.407 e. The van der Waals surface area contributed by atoms with Crippen LogP contribution in [0.15, 0.2) is 0 Å². The molecule has 1 N–H and O–H groups in total. The number of amides is 1. The molecule has 0 aromatic carbocycles. The number of hydrogen-bond acceptors (Lipinski definition) is 1. The Morgan fingerprint density at radius 2 is 2.27 bits per heavy atom. The lowest BCUT2D eigenvalue weighted by molar-refractivity contribution is 0.123. The molecule has 1 amide bonds. The average Bonchev–Trinajstić information content (AvgIpc) is 1.88. The molecule has 1 rings (SSSR count). The van der Waals surface area contributed by atoms with E-state index in [-0.39, 0.29) is 12.4 Å². The number of carbonyl (C=O) groups is 1. The monoisotopic (exact) mass is 179 g/mol. The Morgan fingerprint density at radius 1 is 1.64 bits per heavy atom. The Balaban J connectivity index is 0.000001000. The number of nitrogens with zero attached hydrogens (tertiary/aromatic N) is 1. The van der Waals surface area contributed by atoms with Crippen molar-refractivity contribution in [3.63, 3.8) is 0 Å². The fourth-order valence-corrected chi connectivity index (χ4v) is 1.36. The van der Waals surface area contributed by atoms with Gasteiger partial charge in [-0.15, -0.1) is 12.4 Å². The smallest absolute Gasteiger partial charge is 0.407 e. The molecule has 4 heteroatoms. The van der Waals surface area contributed by atoms with E-state index < -0.39 is 6.09 Å². The minimum Gasteiger partial charge on any atom is -0.465 e. The highest BCUT2D eigenvalue weighted by Gasteiger charge is 2.19. The summed E-state index contributed by atoms with van der Waals surface area (Å²) < 4.78 is 0. The largest absolute Gasteiger partial charge is 0.465 e. The molecule has 1 heterocycles. The lowest BCUT2D eigenvalue weighted by Gasteiger charge is -2.28. The minimum absolute atomic E-state index is 0. The zero-order valence-electron chi connectivity index (χ0n) is 6.62. The molecule has 1 aliphatic heterocycles. The van der Waals surface area contributed by atoms with E-state index in [1.807, 2.05) is 0 Å². The molecule has 0 aromatic rings. The van der Waals surface area contributed by atoms with Crippen molar-refractivity contribution in [1.82, 2.24) is 4.90 Å². The molecule has 1 fully saturated rings. The number of piperidine rings is 1. The number of likely N-dealkylation sites (tertiary alicyclic amines) is 1. The van der Waals surface area contributed by atoms with Crippen LogP contribution < -0.4 is 0 Å². The van der Waals surface area contributed by atoms with Crippen LogP contribution in [0.25, 0.3) is 0 Å². The van der Waals surface area contributed by atoms with E-state index in [9.17, 15) is 4.79 Å². The van der Waals surface area contributed by atoms with Gasteiger partial charge in [0.05, 0.1) is 0 Å². The van der Waals surface area contributed by atoms with Crippen molar-refractivity contribution >= 4 is 18.5 Å². The molecule has 0 bridgehead atoms. The van der Waals surface area contributed by atoms with Crippen LogP contribution in [0.4, 0.5) is 4.79 Å². The van der Waals surface area contributed by atoms with Gasteiger partial charge in [0.2, 0.25) is 0 Å². The van der Waals surface area contributed by atoms with Crippen LogP contribution >= 0.6 is 12.4 Å². The summed E-state index contributed by atoms with van der Waals surface area (Å²) in [5.74, 6) is 0.546. The second kappa shape index (κ2) is 4.44. The van der Waals surface area contributed by atoms with E-state index in [1.54, 1.807) is 0 Å². The average molecular weight is 180 g/mol. The standard InChI is InChI=1S/C7H13NO2.ClH/c1-6-3-2-4-8(5-6)7(9)10;/h6H,2-5H2,1H3,(H,9,10);1H. The molecule has 66 valence electrons. The van der Waals surface area contributed by atoms with Crippen molar-refractivity contribution in [2.24, 2.45) is 5.92 Å². The number of hydrogen-bond donors (Lipinski definition) is 1. The van der Waals surface area contributed by atoms with E-state index in [0.717, 1.165) is 19.5 Å². The fraction of sp³-hybridized carbons (Fsp3) is 0.857. The first kappa shape index (κ1) is 10.6. The normalized spacial score (nSPS) is 24.1. The fourth-order valence-electron chi connectivity index (χ4n) is 1.36. The Morgan fingerprint density at radius 3 is 2.64 bits per heavy atom. The molecule has 0 aromatic heterocycles. The lowest BCUT2D eigenvalue weighted by atomic mass is 10.0. The number of rotatable bonds is 0. The van der Waals surface area contributed by atoms with Crippen LogP contribution in [0, 0.1) is 5.92 Å². The molecule has 1 aliphatic rings. The third-order valence-corrected chi connectivity index (χ3v) is 1.93. The zero-order valence-corrected chi connectivity index (χ0v) is 7.43. The Kier molecular flexibility index (Phi) is 4.26. The van der Waals surface area contributed by atoms with Crippen LogP contribution in [0.5, 0.6) is 0 Å². The second-order valence-electron chi connectivity index (χ2n) is 2.98. The predicted octanol–water partition coefficient (Wildman–Crippen LogP) is 1.82. The van der Waals surface area contributed by atoms with Gasteiger partial charge in [0, 0.05) is 13.1 Å². The molecule has 3 nitrogen and oxygen atoms in total. The summed E-state index contributed by atoms with van der Waals surface area (Å²) in [5.41, 5.74) is 0. The van der Waals surface area contributed by atoms with Gasteiger partial charge in [0.15, 0.2) is 0 Å². The van der Waals surface area contributed by atoms with E-state index in [2.05, 4.69) is 6.92 Å². The van der Waals surface area contributed by atoms with Gasteiger partial charge in [0.1, 0.15) is 0 Å². The zero-order chi connectivity index (χ0) is 7.56. The molecular weight excluding hydrogens is 166 g/mol. The van der Waals surface area contributed by atoms with Gasteiger partial charge >= 0.3 is 6.09 Å². The van der Waals surface area contributed by atoms with Crippen LogP contribution in [0.2, 0.25) is 0 Å². The SMILES string of the molecule is CC1CCCN(C(=O)O)C1.Cl. The summed E-state index contributed by atoms with van der Waals surface area (Å²) in [6, 6.07) is 0. The van der Waals surface area contributed by atoms with Crippen molar-refractivity contribution in [2.75, 3.05) is 13.1 Å². The third-order valence-electron chi connectivity index (χ3n) is 1.93. The van der Waals surface area contributed by atoms with Crippen molar-refractivity contribution in [2.45, 2.75) is 19.8 Å². The van der Waals surface area contributed by atoms with Crippen LogP contribution in [0.3, 0.4) is 0 Å². The number of halogens is 1. The molecule has 1 atom stereocenters. The summed E-state index contributed by atoms with van der Waals surface area (Å²) in [7, 11) is 0. The van der Waals surface area contributed by atoms with Gasteiger partial charge in [-0.3, -0.25) is 0 Å². The number of carboxylic acid groups (broad SMARTS) is 1. The summed E-state index contributed by atoms with van der Waals surface area (Å²) in [6.07, 6.45) is 1.42. The van der Waals surface area contributed by atoms with Crippen molar-refractivity contribution < 1.29 is 9.90 Å². The van der Waals surface area contributed by atoms with Crippen LogP contribution in [-0.4, -0.2) is 29.2 Å². The highest BCUT2D eigenvalue weighted by atomic mass is 35.5. The first-order valence-electron chi connectivity index (χ1n) is 3.68. The summed E-state index contributed by atoms with van der Waals surface area (Å²) >= 11 is 0. The van der Waals surface area contributed by atoms with Crippen LogP contribution in [0.1, 0.15) is 19.8 Å². The van der Waals surface area contributed by atoms with Gasteiger partial charge < -0.3 is 10.0 Å². The van der Waals surface area contributed by atoms with Crippen molar-refractivity contribution in [1.29, 1.82) is 0 Å². The summed E-state index contributed by atoms with van der Waals surface area (Å²) in [6.45, 7) is 3.53. The van der Waals surface area contributed by atoms with E-state index >= 15 is 0 Å². The van der Waals surface area contributed by atoms with Crippen molar-refractivity contribution in [3.8, 4) is 0 Å². The first-order chi connectivity index (χ1) is 4.70. The molecule has 11 heavy (non-hydrogen) atoms. The highest BCUT2D eigenvalue weighted by molar-refractivity contribution is 5.85. The lowest BCUT2D eigenvalue weighted by Crippen LogP contribution is -2.37. The molecule has 0 radical (unpaired) electrons. The van der Waals surface area contributed by atoms with E-state index in [4.69, 9.17) is 5.11 Å². The maximum atomic E-state index is 10.4. The molecule has 0 spiro atoms. The van der Waals surface area contributed by atoms with Gasteiger partial charge in [-0.05, 0) is 18.8 Å². The summed E-state index contributed by atoms with van der Waals surface area (Å²) in [4.78, 5) is 11.9. The maximum absolute atomic E-state index is 10.4. The second-order valence-corrected chi connectivity index (χ2v) is 2.98. The molecule has 1 saturated heterocycles. The van der Waals surface area contributed by atoms with E-state index in [0.29, 0.717) is 5.92 Å². The minimum atomic E-state index is -0.772. The molecule has 0 aliphatic carbocycles. The Labute approximate surface area is 72.8 Å². The van der Waals surface area contributed by atoms with Crippen LogP contribution in [-0.2, 0) is 0 Å². The highest BCUT2D eigenvalue weighted by Crippen LogP contribution is 2.14. The molecule has 0 saturated carbocycles. The topological polar surface area (TPSA) is 40.5 Å². The predicted molar refractivity (Wildman–Crippen MR) is 45.2 cm³/mol. The van der Waals surface area contributed by atoms with Crippen molar-refractivity contribution in [3.05, 3.63) is 0 Å². The Bertz CT molecular complexity index is 140. The van der Waals surface area contributed by atoms with E-state index in [1.165, 1.54) is 11.3 Å². The van der Waals surface area contributed by atoms with Gasteiger partial charge in [-0.2, -0.15) is 0 Å². The summed E-state index contributed by atoms with van der Waals surface area (Å²) in [5, 5.41) is 8.58. The van der Waals surface area contributed by atoms with Gasteiger partial charge in [-0.1, -0.05) is 6.92 Å². The van der Waals surface area contributed by atoms with Gasteiger partial charge in [0.25, 0.3) is 0 Å². The third kappa shape index (κ3) is 2.97. The van der Waals surface area contributed by atoms with Gasteiger partial charge in [-0.25, -0.2) is 4.79 Å². The first-order valence-corrected chi connectivity index (χ1v) is 3.68. The Hall–Kier alpha value is -0.440. The quantitative estimate of drug-likeness (QED) is 0.616. The molecule has 1 unspecified atom stereocenters. The molecular formula is C7H14ClNO2.